The quantitative estimate of drug-likeness (QED) is 0.752. The molecular formula is C14H27N3. The zero-order valence-corrected chi connectivity index (χ0v) is 11.0. The van der Waals surface area contributed by atoms with Crippen LogP contribution < -0.4 is 10.6 Å². The van der Waals surface area contributed by atoms with Crippen molar-refractivity contribution >= 4 is 0 Å². The molecule has 2 unspecified atom stereocenters. The van der Waals surface area contributed by atoms with E-state index in [0.29, 0.717) is 0 Å². The third kappa shape index (κ3) is 3.43. The number of nitrogens with one attached hydrogen (secondary N) is 2. The van der Waals surface area contributed by atoms with Gasteiger partial charge in [0.25, 0.3) is 0 Å². The number of hydrogen-bond donors (Lipinski definition) is 2. The molecule has 2 aliphatic heterocycles. The fourth-order valence-corrected chi connectivity index (χ4v) is 3.39. The summed E-state index contributed by atoms with van der Waals surface area (Å²) in [5.74, 6) is 0.928. The molecule has 0 aromatic carbocycles. The molecule has 2 saturated heterocycles. The van der Waals surface area contributed by atoms with Crippen molar-refractivity contribution in [3.05, 3.63) is 0 Å². The molecule has 3 heteroatoms. The molecule has 0 aromatic heterocycles. The van der Waals surface area contributed by atoms with E-state index in [1.165, 1.54) is 71.2 Å². The molecule has 17 heavy (non-hydrogen) atoms. The van der Waals surface area contributed by atoms with Crippen LogP contribution in [0, 0.1) is 5.92 Å². The van der Waals surface area contributed by atoms with Gasteiger partial charge >= 0.3 is 0 Å². The summed E-state index contributed by atoms with van der Waals surface area (Å²) >= 11 is 0. The number of hydrogen-bond acceptors (Lipinski definition) is 3. The topological polar surface area (TPSA) is 27.3 Å². The van der Waals surface area contributed by atoms with Crippen LogP contribution >= 0.6 is 0 Å². The lowest BCUT2D eigenvalue weighted by Gasteiger charge is -2.23. The Hall–Kier alpha value is -0.120. The van der Waals surface area contributed by atoms with Gasteiger partial charge in [-0.05, 0) is 64.1 Å². The van der Waals surface area contributed by atoms with E-state index in [1.807, 2.05) is 0 Å². The minimum absolute atomic E-state index is 0.784. The third-order valence-electron chi connectivity index (χ3n) is 4.67. The Balaban J connectivity index is 1.29. The number of likely N-dealkylation sites (tertiary alicyclic amines) is 1. The average Bonchev–Trinajstić information content (AvgIpc) is 3.11. The molecule has 3 aliphatic rings. The molecule has 0 spiro atoms. The Labute approximate surface area is 105 Å². The monoisotopic (exact) mass is 237 g/mol. The van der Waals surface area contributed by atoms with Crippen LogP contribution in [0.4, 0.5) is 0 Å². The lowest BCUT2D eigenvalue weighted by atomic mass is 9.96. The van der Waals surface area contributed by atoms with Crippen molar-refractivity contribution in [2.45, 2.75) is 50.6 Å². The lowest BCUT2D eigenvalue weighted by Crippen LogP contribution is -2.36. The Bertz CT molecular complexity index is 234. The van der Waals surface area contributed by atoms with Crippen molar-refractivity contribution in [3.8, 4) is 0 Å². The van der Waals surface area contributed by atoms with E-state index in [4.69, 9.17) is 0 Å². The average molecular weight is 237 g/mol. The van der Waals surface area contributed by atoms with E-state index in [-0.39, 0.29) is 0 Å². The van der Waals surface area contributed by atoms with Crippen molar-refractivity contribution in [2.75, 3.05) is 32.7 Å². The Morgan fingerprint density at radius 2 is 2.12 bits per heavy atom. The van der Waals surface area contributed by atoms with Gasteiger partial charge in [0, 0.05) is 25.2 Å². The van der Waals surface area contributed by atoms with E-state index in [1.54, 1.807) is 0 Å². The zero-order valence-electron chi connectivity index (χ0n) is 11.0. The maximum atomic E-state index is 3.77. The first-order valence-electron chi connectivity index (χ1n) is 7.60. The largest absolute Gasteiger partial charge is 0.316 e. The molecule has 3 rings (SSSR count). The molecule has 2 heterocycles. The van der Waals surface area contributed by atoms with E-state index in [2.05, 4.69) is 15.5 Å². The Kier molecular flexibility index (Phi) is 3.99. The molecule has 1 aliphatic carbocycles. The Morgan fingerprint density at radius 3 is 2.88 bits per heavy atom. The van der Waals surface area contributed by atoms with Gasteiger partial charge in [-0.3, -0.25) is 4.90 Å². The van der Waals surface area contributed by atoms with Crippen LogP contribution in [-0.4, -0.2) is 49.7 Å². The molecule has 0 radical (unpaired) electrons. The van der Waals surface area contributed by atoms with E-state index < -0.39 is 0 Å². The highest BCUT2D eigenvalue weighted by Crippen LogP contribution is 2.29. The summed E-state index contributed by atoms with van der Waals surface area (Å²) in [5, 5.41) is 7.28. The molecule has 0 bridgehead atoms. The first-order chi connectivity index (χ1) is 8.42. The van der Waals surface area contributed by atoms with Crippen LogP contribution in [0.25, 0.3) is 0 Å². The summed E-state index contributed by atoms with van der Waals surface area (Å²) in [6.07, 6.45) is 8.48. The highest BCUT2D eigenvalue weighted by Gasteiger charge is 2.34. The van der Waals surface area contributed by atoms with Crippen molar-refractivity contribution in [1.29, 1.82) is 0 Å². The summed E-state index contributed by atoms with van der Waals surface area (Å²) < 4.78 is 0. The second kappa shape index (κ2) is 5.68. The fraction of sp³-hybridized carbons (Fsp3) is 1.00. The lowest BCUT2D eigenvalue weighted by molar-refractivity contribution is 0.311. The van der Waals surface area contributed by atoms with Gasteiger partial charge in [-0.25, -0.2) is 0 Å². The van der Waals surface area contributed by atoms with Gasteiger partial charge < -0.3 is 10.6 Å². The van der Waals surface area contributed by atoms with E-state index in [0.717, 1.165) is 18.0 Å². The molecule has 0 aromatic rings. The van der Waals surface area contributed by atoms with Gasteiger partial charge in [0.05, 0.1) is 0 Å². The first kappa shape index (κ1) is 11.9. The highest BCUT2D eigenvalue weighted by molar-refractivity contribution is 4.91. The summed E-state index contributed by atoms with van der Waals surface area (Å²) in [5.41, 5.74) is 0. The molecule has 1 saturated carbocycles. The van der Waals surface area contributed by atoms with E-state index in [9.17, 15) is 0 Å². The second-order valence-corrected chi connectivity index (χ2v) is 6.17. The molecule has 3 fully saturated rings. The molecule has 3 nitrogen and oxygen atoms in total. The van der Waals surface area contributed by atoms with Gasteiger partial charge in [0.15, 0.2) is 0 Å². The zero-order chi connectivity index (χ0) is 11.5. The summed E-state index contributed by atoms with van der Waals surface area (Å²) in [6, 6.07) is 1.75. The van der Waals surface area contributed by atoms with E-state index >= 15 is 0 Å². The second-order valence-electron chi connectivity index (χ2n) is 6.17. The smallest absolute Gasteiger partial charge is 0.0207 e. The van der Waals surface area contributed by atoms with Gasteiger partial charge in [-0.1, -0.05) is 0 Å². The minimum Gasteiger partial charge on any atom is -0.316 e. The maximum Gasteiger partial charge on any atom is 0.0207 e. The normalized spacial score (nSPS) is 35.3. The SMILES string of the molecule is C1CNCC(CCNC2CCN(C3CC3)C2)C1. The number of piperidine rings is 1. The van der Waals surface area contributed by atoms with Crippen molar-refractivity contribution in [2.24, 2.45) is 5.92 Å². The van der Waals surface area contributed by atoms with Crippen LogP contribution in [0.15, 0.2) is 0 Å². The van der Waals surface area contributed by atoms with Gasteiger partial charge in [0.2, 0.25) is 0 Å². The fourth-order valence-electron chi connectivity index (χ4n) is 3.39. The maximum absolute atomic E-state index is 3.77. The third-order valence-corrected chi connectivity index (χ3v) is 4.67. The van der Waals surface area contributed by atoms with Gasteiger partial charge in [0.1, 0.15) is 0 Å². The molecule has 98 valence electrons. The summed E-state index contributed by atoms with van der Waals surface area (Å²) in [7, 11) is 0. The molecule has 2 N–H and O–H groups in total. The molecular weight excluding hydrogens is 210 g/mol. The van der Waals surface area contributed by atoms with Gasteiger partial charge in [-0.2, -0.15) is 0 Å². The van der Waals surface area contributed by atoms with Gasteiger partial charge in [-0.15, -0.1) is 0 Å². The first-order valence-corrected chi connectivity index (χ1v) is 7.60. The molecule has 2 atom stereocenters. The van der Waals surface area contributed by atoms with Crippen molar-refractivity contribution < 1.29 is 0 Å². The number of nitrogens with zero attached hydrogens (tertiary/aromatic N) is 1. The Morgan fingerprint density at radius 1 is 1.18 bits per heavy atom. The van der Waals surface area contributed by atoms with Crippen LogP contribution in [0.3, 0.4) is 0 Å². The minimum atomic E-state index is 0.784. The van der Waals surface area contributed by atoms with Crippen LogP contribution in [0.2, 0.25) is 0 Å². The summed E-state index contributed by atoms with van der Waals surface area (Å²) in [4.78, 5) is 2.69. The predicted octanol–water partition coefficient (Wildman–Crippen LogP) is 1.20. The van der Waals surface area contributed by atoms with Crippen LogP contribution in [0.1, 0.15) is 38.5 Å². The van der Waals surface area contributed by atoms with Crippen molar-refractivity contribution in [1.82, 2.24) is 15.5 Å². The molecule has 0 amide bonds. The predicted molar refractivity (Wildman–Crippen MR) is 71.2 cm³/mol. The van der Waals surface area contributed by atoms with Crippen LogP contribution in [-0.2, 0) is 0 Å². The standard InChI is InChI=1S/C14H27N3/c1-2-12(10-15-7-1)5-8-16-13-6-9-17(11-13)14-3-4-14/h12-16H,1-11H2. The van der Waals surface area contributed by atoms with Crippen LogP contribution in [0.5, 0.6) is 0 Å². The number of rotatable bonds is 5. The van der Waals surface area contributed by atoms with Crippen molar-refractivity contribution in [3.63, 3.8) is 0 Å². The summed E-state index contributed by atoms with van der Waals surface area (Å²) in [6.45, 7) is 6.37. The highest BCUT2D eigenvalue weighted by atomic mass is 15.2.